The summed E-state index contributed by atoms with van der Waals surface area (Å²) in [6.45, 7) is 2.35. The monoisotopic (exact) mass is 321 g/mol. The van der Waals surface area contributed by atoms with E-state index in [2.05, 4.69) is 10.2 Å². The number of halogens is 2. The summed E-state index contributed by atoms with van der Waals surface area (Å²) in [5.41, 5.74) is 1.69. The Kier molecular flexibility index (Phi) is 4.12. The standard InChI is InChI=1S/C16H17F2N3O2/c1-9-2-14(20-19-9)5-11-7-21(8-15(11)22)16(23)10-3-12(17)6-13(18)4-10/h2-4,6,11,15,22H,5,7-8H2,1H3,(H,19,20)/t11-,15-/m1/s1. The van der Waals surface area contributed by atoms with Gasteiger partial charge < -0.3 is 10.0 Å². The lowest BCUT2D eigenvalue weighted by atomic mass is 10.0. The predicted octanol–water partition coefficient (Wildman–Crippen LogP) is 1.67. The minimum Gasteiger partial charge on any atom is -0.391 e. The Morgan fingerprint density at radius 3 is 2.61 bits per heavy atom. The molecule has 0 spiro atoms. The van der Waals surface area contributed by atoms with E-state index in [1.807, 2.05) is 13.0 Å². The molecule has 2 atom stereocenters. The third-order valence-corrected chi connectivity index (χ3v) is 4.03. The number of hydrogen-bond donors (Lipinski definition) is 2. The highest BCUT2D eigenvalue weighted by molar-refractivity contribution is 5.94. The fraction of sp³-hybridized carbons (Fsp3) is 0.375. The molecule has 2 heterocycles. The second-order valence-electron chi connectivity index (χ2n) is 5.94. The van der Waals surface area contributed by atoms with Crippen molar-refractivity contribution in [3.63, 3.8) is 0 Å². The van der Waals surface area contributed by atoms with E-state index in [-0.39, 0.29) is 18.0 Å². The zero-order valence-electron chi connectivity index (χ0n) is 12.6. The highest BCUT2D eigenvalue weighted by atomic mass is 19.1. The summed E-state index contributed by atoms with van der Waals surface area (Å²) in [5.74, 6) is -2.23. The number of H-pyrrole nitrogens is 1. The fourth-order valence-electron chi connectivity index (χ4n) is 2.93. The van der Waals surface area contributed by atoms with Gasteiger partial charge in [-0.05, 0) is 31.5 Å². The fourth-order valence-corrected chi connectivity index (χ4v) is 2.93. The molecule has 2 aromatic rings. The molecule has 0 aliphatic carbocycles. The Hall–Kier alpha value is -2.28. The number of aromatic nitrogens is 2. The molecule has 0 unspecified atom stereocenters. The minimum absolute atomic E-state index is 0.0500. The van der Waals surface area contributed by atoms with Gasteiger partial charge in [0.2, 0.25) is 0 Å². The number of carbonyl (C=O) groups is 1. The summed E-state index contributed by atoms with van der Waals surface area (Å²) in [6.07, 6.45) is -0.151. The van der Waals surface area contributed by atoms with Crippen molar-refractivity contribution >= 4 is 5.91 Å². The van der Waals surface area contributed by atoms with Gasteiger partial charge in [-0.25, -0.2) is 8.78 Å². The molecule has 1 saturated heterocycles. The molecule has 1 aliphatic heterocycles. The summed E-state index contributed by atoms with van der Waals surface area (Å²) < 4.78 is 26.5. The van der Waals surface area contributed by atoms with Gasteiger partial charge in [-0.2, -0.15) is 5.10 Å². The second kappa shape index (κ2) is 6.08. The van der Waals surface area contributed by atoms with E-state index in [9.17, 15) is 18.7 Å². The Bertz CT molecular complexity index is 712. The van der Waals surface area contributed by atoms with E-state index in [1.54, 1.807) is 0 Å². The second-order valence-corrected chi connectivity index (χ2v) is 5.94. The molecule has 7 heteroatoms. The molecule has 1 aromatic heterocycles. The van der Waals surface area contributed by atoms with E-state index < -0.39 is 23.6 Å². The van der Waals surface area contributed by atoms with Crippen LogP contribution in [0.1, 0.15) is 21.7 Å². The van der Waals surface area contributed by atoms with Crippen LogP contribution in [0.2, 0.25) is 0 Å². The quantitative estimate of drug-likeness (QED) is 0.903. The molecule has 1 fully saturated rings. The summed E-state index contributed by atoms with van der Waals surface area (Å²) in [6, 6.07) is 4.61. The van der Waals surface area contributed by atoms with Crippen LogP contribution in [0.4, 0.5) is 8.78 Å². The van der Waals surface area contributed by atoms with Crippen LogP contribution in [0, 0.1) is 24.5 Å². The van der Waals surface area contributed by atoms with Crippen LogP contribution in [0.5, 0.6) is 0 Å². The summed E-state index contributed by atoms with van der Waals surface area (Å²) >= 11 is 0. The van der Waals surface area contributed by atoms with Crippen LogP contribution < -0.4 is 0 Å². The van der Waals surface area contributed by atoms with Gasteiger partial charge in [-0.15, -0.1) is 0 Å². The molecule has 122 valence electrons. The molecular weight excluding hydrogens is 304 g/mol. The number of hydrogen-bond acceptors (Lipinski definition) is 3. The largest absolute Gasteiger partial charge is 0.391 e. The normalized spacial score (nSPS) is 21.0. The van der Waals surface area contributed by atoms with Gasteiger partial charge in [0.25, 0.3) is 5.91 Å². The first-order valence-corrected chi connectivity index (χ1v) is 7.36. The van der Waals surface area contributed by atoms with Crippen LogP contribution in [0.3, 0.4) is 0 Å². The SMILES string of the molecule is Cc1cc(C[C@@H]2CN(C(=O)c3cc(F)cc(F)c3)C[C@H]2O)n[nH]1. The number of aliphatic hydroxyl groups is 1. The first-order chi connectivity index (χ1) is 10.9. The molecule has 5 nitrogen and oxygen atoms in total. The zero-order valence-corrected chi connectivity index (χ0v) is 12.6. The van der Waals surface area contributed by atoms with E-state index in [0.29, 0.717) is 13.0 Å². The number of aryl methyl sites for hydroxylation is 1. The highest BCUT2D eigenvalue weighted by Crippen LogP contribution is 2.23. The minimum atomic E-state index is -0.795. The van der Waals surface area contributed by atoms with Crippen molar-refractivity contribution in [3.05, 3.63) is 52.9 Å². The number of aliphatic hydroxyl groups excluding tert-OH is 1. The number of aromatic amines is 1. The topological polar surface area (TPSA) is 69.2 Å². The molecule has 23 heavy (non-hydrogen) atoms. The van der Waals surface area contributed by atoms with Crippen LogP contribution >= 0.6 is 0 Å². The molecule has 3 rings (SSSR count). The summed E-state index contributed by atoms with van der Waals surface area (Å²) in [4.78, 5) is 13.8. The third-order valence-electron chi connectivity index (χ3n) is 4.03. The summed E-state index contributed by atoms with van der Waals surface area (Å²) in [7, 11) is 0. The number of rotatable bonds is 3. The van der Waals surface area contributed by atoms with Crippen molar-refractivity contribution in [2.75, 3.05) is 13.1 Å². The Morgan fingerprint density at radius 1 is 1.30 bits per heavy atom. The Morgan fingerprint density at radius 2 is 2.00 bits per heavy atom. The average molecular weight is 321 g/mol. The molecule has 0 bridgehead atoms. The first-order valence-electron chi connectivity index (χ1n) is 7.36. The highest BCUT2D eigenvalue weighted by Gasteiger charge is 2.35. The van der Waals surface area contributed by atoms with Crippen molar-refractivity contribution in [2.45, 2.75) is 19.4 Å². The Labute approximate surface area is 131 Å². The zero-order chi connectivity index (χ0) is 16.6. The number of amides is 1. The van der Waals surface area contributed by atoms with Crippen LogP contribution in [0.15, 0.2) is 24.3 Å². The number of carbonyl (C=O) groups excluding carboxylic acids is 1. The molecule has 1 aromatic carbocycles. The predicted molar refractivity (Wildman–Crippen MR) is 78.8 cm³/mol. The number of likely N-dealkylation sites (tertiary alicyclic amines) is 1. The van der Waals surface area contributed by atoms with E-state index in [1.165, 1.54) is 4.90 Å². The number of nitrogens with zero attached hydrogens (tertiary/aromatic N) is 2. The number of β-amino-alcohol motifs (C(OH)–C–C–N with tert-alkyl or cyclic N) is 1. The lowest BCUT2D eigenvalue weighted by molar-refractivity contribution is 0.0763. The summed E-state index contributed by atoms with van der Waals surface area (Å²) in [5, 5.41) is 17.1. The molecule has 1 amide bonds. The van der Waals surface area contributed by atoms with Gasteiger partial charge >= 0.3 is 0 Å². The van der Waals surface area contributed by atoms with E-state index in [0.717, 1.165) is 29.6 Å². The van der Waals surface area contributed by atoms with Crippen molar-refractivity contribution in [1.29, 1.82) is 0 Å². The molecule has 1 aliphatic rings. The van der Waals surface area contributed by atoms with Crippen molar-refractivity contribution < 1.29 is 18.7 Å². The first kappa shape index (κ1) is 15.6. The number of benzene rings is 1. The maximum Gasteiger partial charge on any atom is 0.254 e. The lowest BCUT2D eigenvalue weighted by Crippen LogP contribution is -2.29. The van der Waals surface area contributed by atoms with Crippen LogP contribution in [-0.2, 0) is 6.42 Å². The lowest BCUT2D eigenvalue weighted by Gasteiger charge is -2.16. The molecule has 0 saturated carbocycles. The van der Waals surface area contributed by atoms with Gasteiger partial charge in [-0.3, -0.25) is 9.89 Å². The average Bonchev–Trinajstić information content (AvgIpc) is 3.04. The van der Waals surface area contributed by atoms with Crippen LogP contribution in [0.25, 0.3) is 0 Å². The van der Waals surface area contributed by atoms with Crippen molar-refractivity contribution in [3.8, 4) is 0 Å². The molecule has 0 radical (unpaired) electrons. The maximum absolute atomic E-state index is 13.2. The van der Waals surface area contributed by atoms with Gasteiger partial charge in [0.15, 0.2) is 0 Å². The van der Waals surface area contributed by atoms with Gasteiger partial charge in [0, 0.05) is 36.3 Å². The van der Waals surface area contributed by atoms with Crippen LogP contribution in [-0.4, -0.2) is 45.3 Å². The molecule has 2 N–H and O–H groups in total. The maximum atomic E-state index is 13.2. The molecular formula is C16H17F2N3O2. The smallest absolute Gasteiger partial charge is 0.254 e. The van der Waals surface area contributed by atoms with E-state index in [4.69, 9.17) is 0 Å². The van der Waals surface area contributed by atoms with Gasteiger partial charge in [0.05, 0.1) is 11.8 Å². The third kappa shape index (κ3) is 3.39. The Balaban J connectivity index is 1.71. The van der Waals surface area contributed by atoms with Crippen molar-refractivity contribution in [2.24, 2.45) is 5.92 Å². The van der Waals surface area contributed by atoms with Gasteiger partial charge in [-0.1, -0.05) is 0 Å². The number of nitrogens with one attached hydrogen (secondary N) is 1. The van der Waals surface area contributed by atoms with Crippen molar-refractivity contribution in [1.82, 2.24) is 15.1 Å². The van der Waals surface area contributed by atoms with E-state index >= 15 is 0 Å². The van der Waals surface area contributed by atoms with Gasteiger partial charge in [0.1, 0.15) is 11.6 Å².